The number of amides is 1. The molecule has 0 saturated carbocycles. The molecule has 0 aliphatic rings. The van der Waals surface area contributed by atoms with Gasteiger partial charge in [-0.1, -0.05) is 39.0 Å². The van der Waals surface area contributed by atoms with Crippen LogP contribution >= 0.6 is 0 Å². The smallest absolute Gasteiger partial charge is 0.261 e. The first kappa shape index (κ1) is 16.5. The van der Waals surface area contributed by atoms with E-state index in [9.17, 15) is 9.90 Å². The fourth-order valence-electron chi connectivity index (χ4n) is 2.02. The molecule has 1 aromatic rings. The molecule has 0 saturated heterocycles. The van der Waals surface area contributed by atoms with Gasteiger partial charge in [-0.2, -0.15) is 0 Å². The van der Waals surface area contributed by atoms with Gasteiger partial charge in [-0.3, -0.25) is 4.79 Å². The van der Waals surface area contributed by atoms with Crippen molar-refractivity contribution >= 4 is 5.91 Å². The van der Waals surface area contributed by atoms with E-state index in [0.29, 0.717) is 25.0 Å². The van der Waals surface area contributed by atoms with E-state index in [4.69, 9.17) is 4.74 Å². The lowest BCUT2D eigenvalue weighted by molar-refractivity contribution is -0.131. The SMILES string of the molecule is CCC(Oc1ccccc1)C(=O)NC(CC)(CC)CO. The van der Waals surface area contributed by atoms with Gasteiger partial charge in [0.05, 0.1) is 12.1 Å². The number of benzene rings is 1. The topological polar surface area (TPSA) is 58.6 Å². The standard InChI is InChI=1S/C16H25NO3/c1-4-14(20-13-10-8-7-9-11-13)15(19)17-16(5-2,6-3)12-18/h7-11,14,18H,4-6,12H2,1-3H3,(H,17,19). The third kappa shape index (κ3) is 4.23. The summed E-state index contributed by atoms with van der Waals surface area (Å²) in [6.45, 7) is 5.76. The molecule has 0 fully saturated rings. The van der Waals surface area contributed by atoms with Crippen molar-refractivity contribution in [1.82, 2.24) is 5.32 Å². The largest absolute Gasteiger partial charge is 0.481 e. The first-order chi connectivity index (χ1) is 9.60. The molecule has 4 heteroatoms. The molecule has 1 amide bonds. The molecule has 112 valence electrons. The van der Waals surface area contributed by atoms with E-state index in [1.54, 1.807) is 0 Å². The van der Waals surface area contributed by atoms with Crippen molar-refractivity contribution < 1.29 is 14.6 Å². The zero-order valence-electron chi connectivity index (χ0n) is 12.6. The third-order valence-corrected chi connectivity index (χ3v) is 3.73. The van der Waals surface area contributed by atoms with Crippen LogP contribution < -0.4 is 10.1 Å². The molecular formula is C16H25NO3. The number of ether oxygens (including phenoxy) is 1. The van der Waals surface area contributed by atoms with Crippen molar-refractivity contribution in [3.05, 3.63) is 30.3 Å². The number of para-hydroxylation sites is 1. The zero-order valence-corrected chi connectivity index (χ0v) is 12.6. The van der Waals surface area contributed by atoms with Crippen LogP contribution in [-0.4, -0.2) is 29.3 Å². The summed E-state index contributed by atoms with van der Waals surface area (Å²) in [5, 5.41) is 12.5. The summed E-state index contributed by atoms with van der Waals surface area (Å²) in [6.07, 6.45) is 1.41. The summed E-state index contributed by atoms with van der Waals surface area (Å²) in [7, 11) is 0. The molecule has 1 unspecified atom stereocenters. The highest BCUT2D eigenvalue weighted by Crippen LogP contribution is 2.17. The fourth-order valence-corrected chi connectivity index (χ4v) is 2.02. The molecule has 2 N–H and O–H groups in total. The van der Waals surface area contributed by atoms with Crippen molar-refractivity contribution in [2.45, 2.75) is 51.7 Å². The van der Waals surface area contributed by atoms with Gasteiger partial charge in [0.1, 0.15) is 5.75 Å². The van der Waals surface area contributed by atoms with Gasteiger partial charge in [-0.15, -0.1) is 0 Å². The number of aliphatic hydroxyl groups excluding tert-OH is 1. The van der Waals surface area contributed by atoms with Crippen LogP contribution in [0.1, 0.15) is 40.0 Å². The average molecular weight is 279 g/mol. The monoisotopic (exact) mass is 279 g/mol. The lowest BCUT2D eigenvalue weighted by atomic mass is 9.93. The number of carbonyl (C=O) groups excluding carboxylic acids is 1. The predicted octanol–water partition coefficient (Wildman–Crippen LogP) is 2.51. The van der Waals surface area contributed by atoms with Crippen molar-refractivity contribution in [2.75, 3.05) is 6.61 Å². The maximum absolute atomic E-state index is 12.3. The molecule has 0 aliphatic heterocycles. The first-order valence-electron chi connectivity index (χ1n) is 7.25. The Hall–Kier alpha value is -1.55. The summed E-state index contributed by atoms with van der Waals surface area (Å²) in [4.78, 5) is 12.3. The van der Waals surface area contributed by atoms with Crippen molar-refractivity contribution in [3.63, 3.8) is 0 Å². The molecule has 1 atom stereocenters. The first-order valence-corrected chi connectivity index (χ1v) is 7.25. The Morgan fingerprint density at radius 2 is 1.85 bits per heavy atom. The van der Waals surface area contributed by atoms with Crippen LogP contribution in [-0.2, 0) is 4.79 Å². The molecule has 1 aromatic carbocycles. The molecule has 0 bridgehead atoms. The number of aliphatic hydroxyl groups is 1. The van der Waals surface area contributed by atoms with Crippen LogP contribution in [0.25, 0.3) is 0 Å². The van der Waals surface area contributed by atoms with E-state index in [-0.39, 0.29) is 12.5 Å². The Morgan fingerprint density at radius 3 is 2.30 bits per heavy atom. The minimum Gasteiger partial charge on any atom is -0.481 e. The fraction of sp³-hybridized carbons (Fsp3) is 0.562. The average Bonchev–Trinajstić information content (AvgIpc) is 2.51. The summed E-state index contributed by atoms with van der Waals surface area (Å²) in [6, 6.07) is 9.30. The quantitative estimate of drug-likeness (QED) is 0.768. The predicted molar refractivity (Wildman–Crippen MR) is 79.7 cm³/mol. The van der Waals surface area contributed by atoms with Gasteiger partial charge >= 0.3 is 0 Å². The Kier molecular flexibility index (Phi) is 6.52. The zero-order chi connectivity index (χ0) is 15.0. The Balaban J connectivity index is 2.72. The second kappa shape index (κ2) is 7.90. The van der Waals surface area contributed by atoms with E-state index in [0.717, 1.165) is 0 Å². The van der Waals surface area contributed by atoms with Gasteiger partial charge in [0.15, 0.2) is 6.10 Å². The lowest BCUT2D eigenvalue weighted by Crippen LogP contribution is -2.54. The third-order valence-electron chi connectivity index (χ3n) is 3.73. The van der Waals surface area contributed by atoms with Crippen LogP contribution in [0.2, 0.25) is 0 Å². The minimum absolute atomic E-state index is 0.0620. The molecule has 1 rings (SSSR count). The van der Waals surface area contributed by atoms with E-state index in [1.165, 1.54) is 0 Å². The molecule has 0 aromatic heterocycles. The van der Waals surface area contributed by atoms with Crippen LogP contribution in [0.15, 0.2) is 30.3 Å². The highest BCUT2D eigenvalue weighted by molar-refractivity contribution is 5.81. The van der Waals surface area contributed by atoms with Crippen molar-refractivity contribution in [1.29, 1.82) is 0 Å². The number of carbonyl (C=O) groups is 1. The highest BCUT2D eigenvalue weighted by Gasteiger charge is 2.30. The molecule has 0 aliphatic carbocycles. The summed E-state index contributed by atoms with van der Waals surface area (Å²) >= 11 is 0. The second-order valence-electron chi connectivity index (χ2n) is 4.96. The number of hydrogen-bond acceptors (Lipinski definition) is 3. The highest BCUT2D eigenvalue weighted by atomic mass is 16.5. The van der Waals surface area contributed by atoms with E-state index in [2.05, 4.69) is 5.32 Å². The normalized spacial score (nSPS) is 12.8. The van der Waals surface area contributed by atoms with Gasteiger partial charge in [-0.05, 0) is 31.4 Å². The number of nitrogens with one attached hydrogen (secondary N) is 1. The maximum Gasteiger partial charge on any atom is 0.261 e. The van der Waals surface area contributed by atoms with Gasteiger partial charge in [-0.25, -0.2) is 0 Å². The molecule has 0 radical (unpaired) electrons. The van der Waals surface area contributed by atoms with Crippen molar-refractivity contribution in [2.24, 2.45) is 0 Å². The summed E-state index contributed by atoms with van der Waals surface area (Å²) in [5.74, 6) is 0.506. The van der Waals surface area contributed by atoms with Crippen LogP contribution in [0.3, 0.4) is 0 Å². The molecule has 4 nitrogen and oxygen atoms in total. The van der Waals surface area contributed by atoms with Crippen LogP contribution in [0.5, 0.6) is 5.75 Å². The molecule has 0 spiro atoms. The Bertz CT molecular complexity index is 393. The van der Waals surface area contributed by atoms with E-state index >= 15 is 0 Å². The lowest BCUT2D eigenvalue weighted by Gasteiger charge is -2.32. The van der Waals surface area contributed by atoms with Gasteiger partial charge in [0.2, 0.25) is 0 Å². The number of hydrogen-bond donors (Lipinski definition) is 2. The Labute approximate surface area is 121 Å². The summed E-state index contributed by atoms with van der Waals surface area (Å²) in [5.41, 5.74) is -0.551. The van der Waals surface area contributed by atoms with Crippen LogP contribution in [0, 0.1) is 0 Å². The van der Waals surface area contributed by atoms with E-state index < -0.39 is 11.6 Å². The van der Waals surface area contributed by atoms with E-state index in [1.807, 2.05) is 51.1 Å². The van der Waals surface area contributed by atoms with Gasteiger partial charge in [0.25, 0.3) is 5.91 Å². The number of rotatable bonds is 8. The molecule has 0 heterocycles. The van der Waals surface area contributed by atoms with Gasteiger partial charge in [0, 0.05) is 0 Å². The molecular weight excluding hydrogens is 254 g/mol. The second-order valence-corrected chi connectivity index (χ2v) is 4.96. The summed E-state index contributed by atoms with van der Waals surface area (Å²) < 4.78 is 5.71. The Morgan fingerprint density at radius 1 is 1.25 bits per heavy atom. The maximum atomic E-state index is 12.3. The minimum atomic E-state index is -0.551. The van der Waals surface area contributed by atoms with Crippen LogP contribution in [0.4, 0.5) is 0 Å². The van der Waals surface area contributed by atoms with Gasteiger partial charge < -0.3 is 15.2 Å². The molecule has 20 heavy (non-hydrogen) atoms. The van der Waals surface area contributed by atoms with Crippen molar-refractivity contribution in [3.8, 4) is 5.75 Å².